The van der Waals surface area contributed by atoms with E-state index in [4.69, 9.17) is 16.3 Å². The van der Waals surface area contributed by atoms with Gasteiger partial charge in [-0.2, -0.15) is 4.39 Å². The van der Waals surface area contributed by atoms with Crippen LogP contribution in [0.2, 0.25) is 5.15 Å². The molecule has 3 rings (SSSR count). The minimum Gasteiger partial charge on any atom is -0.497 e. The Hall–Kier alpha value is -2.93. The van der Waals surface area contributed by atoms with Crippen LogP contribution >= 0.6 is 11.6 Å². The number of nitro groups is 1. The summed E-state index contributed by atoms with van der Waals surface area (Å²) in [5, 5.41) is 15.0. The van der Waals surface area contributed by atoms with E-state index >= 15 is 0 Å². The number of methoxy groups -OCH3 is 1. The molecule has 0 radical (unpaired) electrons. The number of nitrogens with zero attached hydrogens (tertiary/aromatic N) is 2. The Morgan fingerprint density at radius 1 is 1.28 bits per heavy atom. The molecule has 0 saturated carbocycles. The van der Waals surface area contributed by atoms with Crippen LogP contribution in [-0.4, -0.2) is 17.0 Å². The minimum absolute atomic E-state index is 0.288. The SMILES string of the molecule is COc1ccc2cc(CNc3ccc(F)c([N+](=O)[O-])c3)c(Cl)nc2c1. The zero-order valence-corrected chi connectivity index (χ0v) is 13.9. The first-order chi connectivity index (χ1) is 12.0. The molecule has 0 atom stereocenters. The molecule has 0 aliphatic heterocycles. The number of rotatable bonds is 5. The van der Waals surface area contributed by atoms with Gasteiger partial charge in [0.2, 0.25) is 5.82 Å². The summed E-state index contributed by atoms with van der Waals surface area (Å²) < 4.78 is 18.5. The molecule has 1 N–H and O–H groups in total. The van der Waals surface area contributed by atoms with Crippen LogP contribution in [0.5, 0.6) is 5.75 Å². The number of ether oxygens (including phenoxy) is 1. The van der Waals surface area contributed by atoms with Gasteiger partial charge in [0.15, 0.2) is 0 Å². The summed E-state index contributed by atoms with van der Waals surface area (Å²) in [5.41, 5.74) is 1.25. The molecule has 3 aromatic rings. The number of hydrogen-bond acceptors (Lipinski definition) is 5. The molecule has 6 nitrogen and oxygen atoms in total. The van der Waals surface area contributed by atoms with Gasteiger partial charge in [-0.25, -0.2) is 4.98 Å². The normalized spacial score (nSPS) is 10.7. The predicted molar refractivity (Wildman–Crippen MR) is 93.7 cm³/mol. The van der Waals surface area contributed by atoms with Crippen molar-refractivity contribution in [2.75, 3.05) is 12.4 Å². The quantitative estimate of drug-likeness (QED) is 0.409. The average molecular weight is 362 g/mol. The van der Waals surface area contributed by atoms with Crippen molar-refractivity contribution in [1.29, 1.82) is 0 Å². The van der Waals surface area contributed by atoms with E-state index in [1.807, 2.05) is 18.2 Å². The second-order valence-corrected chi connectivity index (χ2v) is 5.63. The Bertz CT molecular complexity index is 965. The summed E-state index contributed by atoms with van der Waals surface area (Å²) in [6, 6.07) is 10.9. The lowest BCUT2D eigenvalue weighted by atomic mass is 10.1. The van der Waals surface area contributed by atoms with Gasteiger partial charge in [0.1, 0.15) is 10.9 Å². The third-order valence-electron chi connectivity index (χ3n) is 3.68. The van der Waals surface area contributed by atoms with E-state index in [-0.39, 0.29) is 6.54 Å². The van der Waals surface area contributed by atoms with Crippen molar-refractivity contribution in [3.8, 4) is 5.75 Å². The fraction of sp³-hybridized carbons (Fsp3) is 0.118. The van der Waals surface area contributed by atoms with Gasteiger partial charge in [-0.1, -0.05) is 11.6 Å². The average Bonchev–Trinajstić information content (AvgIpc) is 2.60. The van der Waals surface area contributed by atoms with Crippen LogP contribution in [0.25, 0.3) is 10.9 Å². The molecule has 0 amide bonds. The fourth-order valence-electron chi connectivity index (χ4n) is 2.38. The number of anilines is 1. The first-order valence-corrected chi connectivity index (χ1v) is 7.66. The maximum Gasteiger partial charge on any atom is 0.306 e. The van der Waals surface area contributed by atoms with Gasteiger partial charge in [-0.05, 0) is 30.3 Å². The van der Waals surface area contributed by atoms with Crippen molar-refractivity contribution >= 4 is 33.9 Å². The lowest BCUT2D eigenvalue weighted by Gasteiger charge is -2.10. The van der Waals surface area contributed by atoms with Crippen LogP contribution < -0.4 is 10.1 Å². The van der Waals surface area contributed by atoms with Crippen molar-refractivity contribution in [3.05, 3.63) is 69.1 Å². The number of aromatic nitrogens is 1. The topological polar surface area (TPSA) is 77.3 Å². The molecule has 0 fully saturated rings. The molecule has 2 aromatic carbocycles. The maximum atomic E-state index is 13.4. The highest BCUT2D eigenvalue weighted by Crippen LogP contribution is 2.26. The Balaban J connectivity index is 1.85. The molecule has 0 spiro atoms. The highest BCUT2D eigenvalue weighted by molar-refractivity contribution is 6.30. The van der Waals surface area contributed by atoms with Gasteiger partial charge in [0.05, 0.1) is 17.5 Å². The number of pyridine rings is 1. The first kappa shape index (κ1) is 16.9. The first-order valence-electron chi connectivity index (χ1n) is 7.29. The summed E-state index contributed by atoms with van der Waals surface area (Å²) >= 11 is 6.21. The molecule has 128 valence electrons. The van der Waals surface area contributed by atoms with Crippen LogP contribution in [0.4, 0.5) is 15.8 Å². The van der Waals surface area contributed by atoms with E-state index in [9.17, 15) is 14.5 Å². The van der Waals surface area contributed by atoms with Crippen LogP contribution in [0.3, 0.4) is 0 Å². The lowest BCUT2D eigenvalue weighted by molar-refractivity contribution is -0.387. The van der Waals surface area contributed by atoms with Crippen LogP contribution in [0.1, 0.15) is 5.56 Å². The van der Waals surface area contributed by atoms with Crippen molar-refractivity contribution < 1.29 is 14.1 Å². The molecule has 0 unspecified atom stereocenters. The number of halogens is 2. The highest BCUT2D eigenvalue weighted by atomic mass is 35.5. The van der Waals surface area contributed by atoms with Gasteiger partial charge in [-0.3, -0.25) is 10.1 Å². The van der Waals surface area contributed by atoms with E-state index in [0.717, 1.165) is 17.5 Å². The second kappa shape index (κ2) is 6.90. The van der Waals surface area contributed by atoms with E-state index in [2.05, 4.69) is 10.3 Å². The van der Waals surface area contributed by atoms with Crippen molar-refractivity contribution in [3.63, 3.8) is 0 Å². The summed E-state index contributed by atoms with van der Waals surface area (Å²) in [7, 11) is 1.57. The van der Waals surface area contributed by atoms with E-state index < -0.39 is 16.4 Å². The Labute approximate surface area is 147 Å². The van der Waals surface area contributed by atoms with Crippen molar-refractivity contribution in [1.82, 2.24) is 4.98 Å². The van der Waals surface area contributed by atoms with Gasteiger partial charge in [0.25, 0.3) is 0 Å². The predicted octanol–water partition coefficient (Wildman–Crippen LogP) is 4.56. The summed E-state index contributed by atoms with van der Waals surface area (Å²) in [6.45, 7) is 0.288. The lowest BCUT2D eigenvalue weighted by Crippen LogP contribution is -2.02. The highest BCUT2D eigenvalue weighted by Gasteiger charge is 2.14. The van der Waals surface area contributed by atoms with Gasteiger partial charge in [0, 0.05) is 35.3 Å². The summed E-state index contributed by atoms with van der Waals surface area (Å²) in [4.78, 5) is 14.4. The van der Waals surface area contributed by atoms with Crippen LogP contribution in [0, 0.1) is 15.9 Å². The summed E-state index contributed by atoms with van der Waals surface area (Å²) in [5.74, 6) is -0.199. The van der Waals surface area contributed by atoms with Crippen LogP contribution in [0.15, 0.2) is 42.5 Å². The molecule has 25 heavy (non-hydrogen) atoms. The summed E-state index contributed by atoms with van der Waals surface area (Å²) in [6.07, 6.45) is 0. The fourth-order valence-corrected chi connectivity index (χ4v) is 2.59. The maximum absolute atomic E-state index is 13.4. The molecule has 1 aromatic heterocycles. The number of benzene rings is 2. The molecule has 0 bridgehead atoms. The third-order valence-corrected chi connectivity index (χ3v) is 4.00. The number of nitrogens with one attached hydrogen (secondary N) is 1. The van der Waals surface area contributed by atoms with Crippen molar-refractivity contribution in [2.24, 2.45) is 0 Å². The molecule has 1 heterocycles. The zero-order chi connectivity index (χ0) is 18.0. The molecule has 0 saturated heterocycles. The molecule has 0 aliphatic rings. The monoisotopic (exact) mass is 361 g/mol. The van der Waals surface area contributed by atoms with Gasteiger partial charge in [-0.15, -0.1) is 0 Å². The smallest absolute Gasteiger partial charge is 0.306 e. The number of fused-ring (bicyclic) bond motifs is 1. The zero-order valence-electron chi connectivity index (χ0n) is 13.1. The van der Waals surface area contributed by atoms with Crippen molar-refractivity contribution in [2.45, 2.75) is 6.54 Å². The Kier molecular flexibility index (Phi) is 4.67. The van der Waals surface area contributed by atoms with E-state index in [1.54, 1.807) is 13.2 Å². The van der Waals surface area contributed by atoms with Gasteiger partial charge < -0.3 is 10.1 Å². The van der Waals surface area contributed by atoms with E-state index in [1.165, 1.54) is 6.07 Å². The Morgan fingerprint density at radius 3 is 2.80 bits per heavy atom. The minimum atomic E-state index is -0.880. The standard InChI is InChI=1S/C17H13ClFN3O3/c1-25-13-4-2-10-6-11(17(18)21-15(10)8-13)9-20-12-3-5-14(19)16(7-12)22(23)24/h2-8,20H,9H2,1H3. The third kappa shape index (κ3) is 3.61. The number of nitro benzene ring substituents is 1. The largest absolute Gasteiger partial charge is 0.497 e. The molecule has 0 aliphatic carbocycles. The number of hydrogen-bond donors (Lipinski definition) is 1. The van der Waals surface area contributed by atoms with Crippen LogP contribution in [-0.2, 0) is 6.54 Å². The Morgan fingerprint density at radius 2 is 2.08 bits per heavy atom. The molecular weight excluding hydrogens is 349 g/mol. The second-order valence-electron chi connectivity index (χ2n) is 5.27. The van der Waals surface area contributed by atoms with E-state index in [0.29, 0.717) is 27.7 Å². The molecular formula is C17H13ClFN3O3. The van der Waals surface area contributed by atoms with Gasteiger partial charge >= 0.3 is 5.69 Å². The molecule has 8 heteroatoms.